The van der Waals surface area contributed by atoms with Gasteiger partial charge in [0.25, 0.3) is 0 Å². The Morgan fingerprint density at radius 3 is 2.52 bits per heavy atom. The van der Waals surface area contributed by atoms with Crippen molar-refractivity contribution in [2.24, 2.45) is 0 Å². The zero-order chi connectivity index (χ0) is 16.0. The zero-order valence-corrected chi connectivity index (χ0v) is 13.1. The van der Waals surface area contributed by atoms with Gasteiger partial charge in [-0.2, -0.15) is 0 Å². The van der Waals surface area contributed by atoms with E-state index in [1.165, 1.54) is 32.4 Å². The molecule has 118 valence electrons. The predicted molar refractivity (Wildman–Crippen MR) is 78.5 cm³/mol. The third kappa shape index (κ3) is 4.42. The molecule has 1 aromatic rings. The molecule has 1 rings (SSSR count). The highest BCUT2D eigenvalue weighted by Gasteiger charge is 2.22. The Morgan fingerprint density at radius 2 is 2.05 bits per heavy atom. The highest BCUT2D eigenvalue weighted by Crippen LogP contribution is 2.20. The highest BCUT2D eigenvalue weighted by molar-refractivity contribution is 7.89. The lowest BCUT2D eigenvalue weighted by Gasteiger charge is -2.17. The minimum atomic E-state index is -3.78. The van der Waals surface area contributed by atoms with Crippen LogP contribution in [-0.2, 0) is 19.5 Å². The van der Waals surface area contributed by atoms with Crippen LogP contribution in [0.3, 0.4) is 0 Å². The fourth-order valence-corrected chi connectivity index (χ4v) is 3.17. The first kappa shape index (κ1) is 17.4. The number of hydrogen-bond acceptors (Lipinski definition) is 6. The van der Waals surface area contributed by atoms with Gasteiger partial charge in [0.2, 0.25) is 10.0 Å². The Morgan fingerprint density at radius 1 is 1.38 bits per heavy atom. The summed E-state index contributed by atoms with van der Waals surface area (Å²) in [5, 5.41) is 0. The predicted octanol–water partition coefficient (Wildman–Crippen LogP) is 0.759. The molecule has 0 heterocycles. The van der Waals surface area contributed by atoms with Gasteiger partial charge < -0.3 is 15.2 Å². The summed E-state index contributed by atoms with van der Waals surface area (Å²) < 4.78 is 36.6. The van der Waals surface area contributed by atoms with Crippen LogP contribution in [0.5, 0.6) is 0 Å². The number of nitrogen functional groups attached to an aromatic ring is 1. The number of rotatable bonds is 7. The summed E-state index contributed by atoms with van der Waals surface area (Å²) in [5.41, 5.74) is 5.91. The Labute approximate surface area is 124 Å². The molecule has 0 spiro atoms. The average molecular weight is 316 g/mol. The molecule has 21 heavy (non-hydrogen) atoms. The second-order valence-corrected chi connectivity index (χ2v) is 6.11. The molecule has 3 N–H and O–H groups in total. The lowest BCUT2D eigenvalue weighted by molar-refractivity contribution is 0.0600. The summed E-state index contributed by atoms with van der Waals surface area (Å²) in [4.78, 5) is 11.3. The minimum Gasteiger partial charge on any atom is -0.465 e. The quantitative estimate of drug-likeness (QED) is 0.568. The van der Waals surface area contributed by atoms with Crippen molar-refractivity contribution in [1.82, 2.24) is 4.72 Å². The molecule has 0 aliphatic rings. The molecule has 0 bridgehead atoms. The van der Waals surface area contributed by atoms with Gasteiger partial charge in [0.15, 0.2) is 0 Å². The summed E-state index contributed by atoms with van der Waals surface area (Å²) in [6.07, 6.45) is 0.577. The maximum atomic E-state index is 12.3. The maximum absolute atomic E-state index is 12.3. The number of nitrogens with one attached hydrogen (secondary N) is 1. The first-order valence-corrected chi connectivity index (χ1v) is 7.83. The second kappa shape index (κ2) is 7.39. The molecule has 1 aromatic carbocycles. The van der Waals surface area contributed by atoms with E-state index in [1.807, 2.05) is 6.92 Å². The number of carbonyl (C=O) groups excluding carboxylic acids is 1. The summed E-state index contributed by atoms with van der Waals surface area (Å²) in [6, 6.07) is 3.56. The Kier molecular flexibility index (Phi) is 6.13. The molecule has 0 aromatic heterocycles. The van der Waals surface area contributed by atoms with Crippen LogP contribution in [0.25, 0.3) is 0 Å². The number of sulfonamides is 1. The molecule has 8 heteroatoms. The van der Waals surface area contributed by atoms with Crippen molar-refractivity contribution in [3.8, 4) is 0 Å². The van der Waals surface area contributed by atoms with Crippen molar-refractivity contribution in [3.05, 3.63) is 23.8 Å². The van der Waals surface area contributed by atoms with Gasteiger partial charge >= 0.3 is 5.97 Å². The molecule has 0 saturated carbocycles. The normalized spacial score (nSPS) is 12.9. The van der Waals surface area contributed by atoms with E-state index >= 15 is 0 Å². The zero-order valence-electron chi connectivity index (χ0n) is 12.3. The van der Waals surface area contributed by atoms with E-state index in [9.17, 15) is 13.2 Å². The molecular formula is C13H20N2O5S. The van der Waals surface area contributed by atoms with E-state index in [4.69, 9.17) is 10.5 Å². The van der Waals surface area contributed by atoms with Gasteiger partial charge in [-0.3, -0.25) is 0 Å². The van der Waals surface area contributed by atoms with Gasteiger partial charge in [-0.25, -0.2) is 17.9 Å². The minimum absolute atomic E-state index is 0.0160. The number of hydrogen-bond donors (Lipinski definition) is 2. The van der Waals surface area contributed by atoms with Crippen molar-refractivity contribution >= 4 is 21.7 Å². The largest absolute Gasteiger partial charge is 0.465 e. The van der Waals surface area contributed by atoms with Crippen molar-refractivity contribution in [2.45, 2.75) is 24.3 Å². The Hall–Kier alpha value is -1.64. The SMILES string of the molecule is CCC(COC)NS(=O)(=O)c1ccc(C(=O)OC)cc1N. The lowest BCUT2D eigenvalue weighted by atomic mass is 10.2. The van der Waals surface area contributed by atoms with Crippen LogP contribution in [0.2, 0.25) is 0 Å². The number of anilines is 1. The van der Waals surface area contributed by atoms with Crippen LogP contribution in [0.4, 0.5) is 5.69 Å². The summed E-state index contributed by atoms with van der Waals surface area (Å²) in [7, 11) is -1.05. The highest BCUT2D eigenvalue weighted by atomic mass is 32.2. The first-order valence-electron chi connectivity index (χ1n) is 6.34. The maximum Gasteiger partial charge on any atom is 0.337 e. The topological polar surface area (TPSA) is 108 Å². The molecule has 7 nitrogen and oxygen atoms in total. The molecule has 0 amide bonds. The Bertz CT molecular complexity index is 601. The standard InChI is InChI=1S/C13H20N2O5S/c1-4-10(8-19-2)15-21(17,18)12-6-5-9(7-11(12)14)13(16)20-3/h5-7,10,15H,4,8,14H2,1-3H3. The Balaban J connectivity index is 3.06. The monoisotopic (exact) mass is 316 g/mol. The average Bonchev–Trinajstić information content (AvgIpc) is 2.45. The van der Waals surface area contributed by atoms with Gasteiger partial charge in [-0.05, 0) is 24.6 Å². The number of methoxy groups -OCH3 is 2. The van der Waals surface area contributed by atoms with E-state index in [-0.39, 0.29) is 28.8 Å². The van der Waals surface area contributed by atoms with Crippen LogP contribution in [0, 0.1) is 0 Å². The molecule has 0 fully saturated rings. The van der Waals surface area contributed by atoms with E-state index < -0.39 is 16.0 Å². The van der Waals surface area contributed by atoms with Crippen molar-refractivity contribution in [2.75, 3.05) is 26.6 Å². The molecule has 1 unspecified atom stereocenters. The smallest absolute Gasteiger partial charge is 0.337 e. The first-order chi connectivity index (χ1) is 9.85. The third-order valence-electron chi connectivity index (χ3n) is 2.90. The van der Waals surface area contributed by atoms with Crippen molar-refractivity contribution in [1.29, 1.82) is 0 Å². The second-order valence-electron chi connectivity index (χ2n) is 4.43. The van der Waals surface area contributed by atoms with Crippen LogP contribution in [0.1, 0.15) is 23.7 Å². The molecule has 0 aliphatic heterocycles. The number of esters is 1. The third-order valence-corrected chi connectivity index (χ3v) is 4.50. The summed E-state index contributed by atoms with van der Waals surface area (Å²) >= 11 is 0. The lowest BCUT2D eigenvalue weighted by Crippen LogP contribution is -2.37. The van der Waals surface area contributed by atoms with Crippen molar-refractivity contribution in [3.63, 3.8) is 0 Å². The number of carbonyl (C=O) groups is 1. The van der Waals surface area contributed by atoms with Gasteiger partial charge in [0.1, 0.15) is 4.90 Å². The molecule has 0 aliphatic carbocycles. The van der Waals surface area contributed by atoms with Gasteiger partial charge in [-0.15, -0.1) is 0 Å². The number of benzene rings is 1. The molecule has 0 radical (unpaired) electrons. The van der Waals surface area contributed by atoms with Crippen LogP contribution >= 0.6 is 0 Å². The van der Waals surface area contributed by atoms with Gasteiger partial charge in [0.05, 0.1) is 25.0 Å². The summed E-state index contributed by atoms with van der Waals surface area (Å²) in [5.74, 6) is -0.579. The number of nitrogens with two attached hydrogens (primary N) is 1. The van der Waals surface area contributed by atoms with Crippen LogP contribution in [-0.4, -0.2) is 41.3 Å². The van der Waals surface area contributed by atoms with E-state index in [2.05, 4.69) is 9.46 Å². The molecular weight excluding hydrogens is 296 g/mol. The van der Waals surface area contributed by atoms with Gasteiger partial charge in [0, 0.05) is 13.2 Å². The van der Waals surface area contributed by atoms with E-state index in [0.29, 0.717) is 6.42 Å². The number of ether oxygens (including phenoxy) is 2. The van der Waals surface area contributed by atoms with Crippen LogP contribution in [0.15, 0.2) is 23.1 Å². The molecule has 1 atom stereocenters. The summed E-state index contributed by atoms with van der Waals surface area (Å²) in [6.45, 7) is 2.10. The van der Waals surface area contributed by atoms with Crippen molar-refractivity contribution < 1.29 is 22.7 Å². The fraction of sp³-hybridized carbons (Fsp3) is 0.462. The fourth-order valence-electron chi connectivity index (χ4n) is 1.76. The van der Waals surface area contributed by atoms with Gasteiger partial charge in [-0.1, -0.05) is 6.92 Å². The van der Waals surface area contributed by atoms with Crippen LogP contribution < -0.4 is 10.5 Å². The van der Waals surface area contributed by atoms with E-state index in [1.54, 1.807) is 0 Å². The molecule has 0 saturated heterocycles. The van der Waals surface area contributed by atoms with E-state index in [0.717, 1.165) is 0 Å².